The van der Waals surface area contributed by atoms with Crippen molar-refractivity contribution in [2.45, 2.75) is 5.41 Å². The average molecular weight is 744 g/mol. The molecule has 0 amide bonds. The molecule has 0 saturated carbocycles. The lowest BCUT2D eigenvalue weighted by molar-refractivity contribution is 0.669. The van der Waals surface area contributed by atoms with Gasteiger partial charge in [-0.2, -0.15) is 0 Å². The monoisotopic (exact) mass is 743 g/mol. The maximum atomic E-state index is 6.37. The third-order valence-electron chi connectivity index (χ3n) is 11.6. The van der Waals surface area contributed by atoms with E-state index < -0.39 is 5.41 Å². The minimum absolute atomic E-state index is 0.492. The van der Waals surface area contributed by atoms with E-state index in [1.807, 2.05) is 24.3 Å². The van der Waals surface area contributed by atoms with E-state index in [1.165, 1.54) is 22.3 Å². The maximum absolute atomic E-state index is 6.37. The van der Waals surface area contributed by atoms with E-state index >= 15 is 0 Å². The van der Waals surface area contributed by atoms with Crippen LogP contribution in [0, 0.1) is 0 Å². The van der Waals surface area contributed by atoms with E-state index in [0.717, 1.165) is 72.1 Å². The highest BCUT2D eigenvalue weighted by Gasteiger charge is 2.38. The summed E-state index contributed by atoms with van der Waals surface area (Å²) in [6, 6.07) is 79.9. The molecule has 11 aromatic rings. The van der Waals surface area contributed by atoms with Crippen LogP contribution in [0.2, 0.25) is 0 Å². The van der Waals surface area contributed by atoms with Crippen LogP contribution in [0.5, 0.6) is 0 Å². The third kappa shape index (κ3) is 5.51. The molecule has 0 bridgehead atoms. The van der Waals surface area contributed by atoms with Gasteiger partial charge in [0.1, 0.15) is 22.3 Å². The van der Waals surface area contributed by atoms with Crippen LogP contribution in [0.4, 0.5) is 17.1 Å². The number of anilines is 3. The highest BCUT2D eigenvalue weighted by molar-refractivity contribution is 6.07. The number of hydrogen-bond donors (Lipinski definition) is 0. The number of para-hydroxylation sites is 2. The molecule has 3 nitrogen and oxygen atoms in total. The molecule has 58 heavy (non-hydrogen) atoms. The van der Waals surface area contributed by atoms with E-state index in [9.17, 15) is 0 Å². The van der Waals surface area contributed by atoms with Crippen LogP contribution >= 0.6 is 0 Å². The van der Waals surface area contributed by atoms with Gasteiger partial charge in [-0.1, -0.05) is 164 Å². The van der Waals surface area contributed by atoms with Crippen LogP contribution < -0.4 is 4.90 Å². The predicted octanol–water partition coefficient (Wildman–Crippen LogP) is 15.0. The van der Waals surface area contributed by atoms with Gasteiger partial charge in [0.25, 0.3) is 0 Å². The van der Waals surface area contributed by atoms with Crippen molar-refractivity contribution in [3.63, 3.8) is 0 Å². The summed E-state index contributed by atoms with van der Waals surface area (Å²) in [7, 11) is 0. The summed E-state index contributed by atoms with van der Waals surface area (Å²) in [5.74, 6) is 0. The minimum Gasteiger partial charge on any atom is -0.456 e. The molecule has 0 aliphatic carbocycles. The standard InChI is InChI=1S/C55H37NO2/c1-4-14-40(15-5-1)55(41-16-6-2-7-17-41,42-18-8-3-9-19-42)43-28-24-38(25-29-43)39-26-30-44(31-27-39)56(45-32-34-49-47-20-10-12-22-51(47)57-53(49)36-45)46-33-35-50-48-21-11-13-23-52(48)58-54(50)37-46/h1-37H. The Morgan fingerprint density at radius 1 is 0.276 bits per heavy atom. The van der Waals surface area contributed by atoms with E-state index in [0.29, 0.717) is 0 Å². The second-order valence-corrected chi connectivity index (χ2v) is 14.9. The molecule has 0 aliphatic rings. The Morgan fingerprint density at radius 2 is 0.621 bits per heavy atom. The van der Waals surface area contributed by atoms with Crippen molar-refractivity contribution in [1.29, 1.82) is 0 Å². The Kier molecular flexibility index (Phi) is 8.04. The summed E-state index contributed by atoms with van der Waals surface area (Å²) >= 11 is 0. The van der Waals surface area contributed by atoms with Gasteiger partial charge in [0.05, 0.1) is 5.41 Å². The Balaban J connectivity index is 1.01. The zero-order chi connectivity index (χ0) is 38.5. The van der Waals surface area contributed by atoms with Crippen molar-refractivity contribution >= 4 is 60.9 Å². The first kappa shape index (κ1) is 33.7. The zero-order valence-corrected chi connectivity index (χ0v) is 31.6. The van der Waals surface area contributed by atoms with Crippen molar-refractivity contribution in [2.75, 3.05) is 4.90 Å². The molecule has 3 heteroatoms. The quantitative estimate of drug-likeness (QED) is 0.145. The van der Waals surface area contributed by atoms with Crippen LogP contribution in [-0.4, -0.2) is 0 Å². The van der Waals surface area contributed by atoms with Gasteiger partial charge in [-0.25, -0.2) is 0 Å². The molecular formula is C55H37NO2. The van der Waals surface area contributed by atoms with E-state index in [4.69, 9.17) is 8.83 Å². The fraction of sp³-hybridized carbons (Fsp3) is 0.0182. The summed E-state index contributed by atoms with van der Waals surface area (Å²) < 4.78 is 12.7. The molecule has 0 N–H and O–H groups in total. The summed E-state index contributed by atoms with van der Waals surface area (Å²) in [5.41, 5.74) is 13.2. The summed E-state index contributed by atoms with van der Waals surface area (Å²) in [4.78, 5) is 2.28. The smallest absolute Gasteiger partial charge is 0.137 e. The second-order valence-electron chi connectivity index (χ2n) is 14.9. The second kappa shape index (κ2) is 13.8. The van der Waals surface area contributed by atoms with Crippen LogP contribution in [0.1, 0.15) is 22.3 Å². The van der Waals surface area contributed by atoms with Gasteiger partial charge in [-0.3, -0.25) is 0 Å². The Labute approximate surface area is 336 Å². The number of furan rings is 2. The number of hydrogen-bond acceptors (Lipinski definition) is 3. The van der Waals surface area contributed by atoms with Gasteiger partial charge in [-0.05, 0) is 81.9 Å². The molecule has 274 valence electrons. The van der Waals surface area contributed by atoms with Crippen molar-refractivity contribution < 1.29 is 8.83 Å². The zero-order valence-electron chi connectivity index (χ0n) is 31.6. The lowest BCUT2D eigenvalue weighted by Gasteiger charge is -2.37. The molecule has 0 radical (unpaired) electrons. The summed E-state index contributed by atoms with van der Waals surface area (Å²) in [6.07, 6.45) is 0. The van der Waals surface area contributed by atoms with Crippen molar-refractivity contribution in [3.05, 3.63) is 247 Å². The van der Waals surface area contributed by atoms with Gasteiger partial charge >= 0.3 is 0 Å². The minimum atomic E-state index is -0.492. The van der Waals surface area contributed by atoms with Crippen molar-refractivity contribution in [2.24, 2.45) is 0 Å². The average Bonchev–Trinajstić information content (AvgIpc) is 3.86. The van der Waals surface area contributed by atoms with Gasteiger partial charge in [0.2, 0.25) is 0 Å². The fourth-order valence-corrected chi connectivity index (χ4v) is 8.93. The Hall–Kier alpha value is -7.62. The number of benzene rings is 9. The van der Waals surface area contributed by atoms with Gasteiger partial charge in [0.15, 0.2) is 0 Å². The van der Waals surface area contributed by atoms with Crippen molar-refractivity contribution in [3.8, 4) is 11.1 Å². The molecule has 2 heterocycles. The number of nitrogens with zero attached hydrogens (tertiary/aromatic N) is 1. The first-order valence-electron chi connectivity index (χ1n) is 19.7. The Morgan fingerprint density at radius 3 is 1.07 bits per heavy atom. The first-order valence-corrected chi connectivity index (χ1v) is 19.7. The largest absolute Gasteiger partial charge is 0.456 e. The highest BCUT2D eigenvalue weighted by Crippen LogP contribution is 2.46. The van der Waals surface area contributed by atoms with Crippen LogP contribution in [0.3, 0.4) is 0 Å². The van der Waals surface area contributed by atoms with Gasteiger partial charge < -0.3 is 13.7 Å². The third-order valence-corrected chi connectivity index (χ3v) is 11.6. The molecule has 11 rings (SSSR count). The van der Waals surface area contributed by atoms with Crippen molar-refractivity contribution in [1.82, 2.24) is 0 Å². The SMILES string of the molecule is c1ccc(C(c2ccccc2)(c2ccccc2)c2ccc(-c3ccc(N(c4ccc5c(c4)oc4ccccc45)c4ccc5c(c4)oc4ccccc45)cc3)cc2)cc1. The van der Waals surface area contributed by atoms with E-state index in [1.54, 1.807) is 0 Å². The van der Waals surface area contributed by atoms with Gasteiger partial charge in [0, 0.05) is 50.7 Å². The number of fused-ring (bicyclic) bond motifs is 6. The highest BCUT2D eigenvalue weighted by atomic mass is 16.3. The van der Waals surface area contributed by atoms with Gasteiger partial charge in [-0.15, -0.1) is 0 Å². The lowest BCUT2D eigenvalue weighted by Crippen LogP contribution is -2.30. The normalized spacial score (nSPS) is 11.8. The fourth-order valence-electron chi connectivity index (χ4n) is 8.93. The summed E-state index contributed by atoms with van der Waals surface area (Å²) in [6.45, 7) is 0. The van der Waals surface area contributed by atoms with Crippen LogP contribution in [-0.2, 0) is 5.41 Å². The molecule has 2 aromatic heterocycles. The summed E-state index contributed by atoms with van der Waals surface area (Å²) in [5, 5.41) is 4.43. The van der Waals surface area contributed by atoms with E-state index in [2.05, 4.69) is 205 Å². The molecule has 0 unspecified atom stereocenters. The molecule has 0 saturated heterocycles. The number of rotatable bonds is 8. The molecule has 0 fully saturated rings. The maximum Gasteiger partial charge on any atom is 0.137 e. The first-order chi connectivity index (χ1) is 28.7. The predicted molar refractivity (Wildman–Crippen MR) is 239 cm³/mol. The van der Waals surface area contributed by atoms with Crippen LogP contribution in [0.25, 0.3) is 55.0 Å². The molecule has 9 aromatic carbocycles. The van der Waals surface area contributed by atoms with E-state index in [-0.39, 0.29) is 0 Å². The molecule has 0 atom stereocenters. The van der Waals surface area contributed by atoms with Crippen LogP contribution in [0.15, 0.2) is 233 Å². The molecular weight excluding hydrogens is 707 g/mol. The molecule has 0 aliphatic heterocycles. The topological polar surface area (TPSA) is 29.5 Å². The lowest BCUT2D eigenvalue weighted by atomic mass is 9.65. The Bertz CT molecular complexity index is 2990. The molecule has 0 spiro atoms.